The molecule has 0 fully saturated rings. The van der Waals surface area contributed by atoms with Crippen LogP contribution in [0.15, 0.2) is 192 Å². The highest BCUT2D eigenvalue weighted by molar-refractivity contribution is 7.26. The van der Waals surface area contributed by atoms with E-state index in [0.717, 1.165) is 38.6 Å². The first-order valence-electron chi connectivity index (χ1n) is 21.6. The zero-order valence-corrected chi connectivity index (χ0v) is 35.6. The zero-order valence-electron chi connectivity index (χ0n) is 34.0. The van der Waals surface area contributed by atoms with Crippen molar-refractivity contribution in [1.29, 1.82) is 0 Å². The molecule has 15 rings (SSSR count). The molecule has 2 aliphatic carbocycles. The minimum Gasteiger partial charge on any atom is -0.456 e. The molecule has 0 bridgehead atoms. The highest BCUT2D eigenvalue weighted by atomic mass is 32.1. The predicted octanol–water partition coefficient (Wildman–Crippen LogP) is 15.9. The van der Waals surface area contributed by atoms with Crippen LogP contribution in [0.5, 0.6) is 0 Å². The van der Waals surface area contributed by atoms with Crippen LogP contribution in [-0.2, 0) is 5.41 Å². The van der Waals surface area contributed by atoms with E-state index in [1.165, 1.54) is 84.9 Å². The van der Waals surface area contributed by atoms with Crippen molar-refractivity contribution in [3.8, 4) is 56.4 Å². The maximum absolute atomic E-state index is 6.31. The number of fused-ring (bicyclic) bond motifs is 20. The zero-order chi connectivity index (χ0) is 41.7. The molecule has 0 saturated heterocycles. The van der Waals surface area contributed by atoms with Gasteiger partial charge >= 0.3 is 0 Å². The SMILES string of the molecule is c1ccc(-c2nc(-c3ccc4c(c3)oc3ccccc34)nc(-c3ccc4c(c3)sc3ccc5c(c34)C3(c4ccccc4-c4ccccc43)c3cc4sc6ccccc6c4cc3-5)n2)cc1. The first-order valence-corrected chi connectivity index (χ1v) is 23.2. The average Bonchev–Trinajstić information content (AvgIpc) is 4.15. The molecule has 0 unspecified atom stereocenters. The summed E-state index contributed by atoms with van der Waals surface area (Å²) in [7, 11) is 0. The Morgan fingerprint density at radius 1 is 0.344 bits per heavy atom. The van der Waals surface area contributed by atoms with Crippen molar-refractivity contribution in [3.05, 3.63) is 210 Å². The number of hydrogen-bond donors (Lipinski definition) is 0. The summed E-state index contributed by atoms with van der Waals surface area (Å²) >= 11 is 3.75. The van der Waals surface area contributed by atoms with Crippen LogP contribution in [0.4, 0.5) is 0 Å². The average molecular weight is 850 g/mol. The van der Waals surface area contributed by atoms with Crippen LogP contribution in [0, 0.1) is 0 Å². The van der Waals surface area contributed by atoms with E-state index in [1.54, 1.807) is 0 Å². The lowest BCUT2D eigenvalue weighted by Crippen LogP contribution is -2.26. The van der Waals surface area contributed by atoms with Gasteiger partial charge in [-0.25, -0.2) is 15.0 Å². The summed E-state index contributed by atoms with van der Waals surface area (Å²) in [6, 6.07) is 68.2. The maximum Gasteiger partial charge on any atom is 0.164 e. The topological polar surface area (TPSA) is 51.8 Å². The number of thiophene rings is 2. The van der Waals surface area contributed by atoms with E-state index in [4.69, 9.17) is 19.4 Å². The summed E-state index contributed by atoms with van der Waals surface area (Å²) in [5.74, 6) is 1.87. The van der Waals surface area contributed by atoms with Crippen molar-refractivity contribution < 1.29 is 4.42 Å². The van der Waals surface area contributed by atoms with Gasteiger partial charge in [0.25, 0.3) is 0 Å². The van der Waals surface area contributed by atoms with Crippen LogP contribution in [-0.4, -0.2) is 15.0 Å². The van der Waals surface area contributed by atoms with E-state index in [2.05, 4.69) is 152 Å². The fraction of sp³-hybridized carbons (Fsp3) is 0.0172. The van der Waals surface area contributed by atoms with Gasteiger partial charge in [0.15, 0.2) is 17.5 Å². The van der Waals surface area contributed by atoms with Crippen molar-refractivity contribution in [2.24, 2.45) is 0 Å². The van der Waals surface area contributed by atoms with E-state index in [-0.39, 0.29) is 0 Å². The molecule has 4 aromatic heterocycles. The number of furan rings is 1. The molecule has 0 aliphatic heterocycles. The number of benzene rings is 9. The molecule has 296 valence electrons. The van der Waals surface area contributed by atoms with Gasteiger partial charge in [0.1, 0.15) is 11.2 Å². The molecule has 13 aromatic rings. The Morgan fingerprint density at radius 3 is 1.75 bits per heavy atom. The van der Waals surface area contributed by atoms with Crippen molar-refractivity contribution in [2.75, 3.05) is 0 Å². The minimum absolute atomic E-state index is 0.483. The van der Waals surface area contributed by atoms with E-state index in [9.17, 15) is 0 Å². The molecule has 2 aliphatic rings. The lowest BCUT2D eigenvalue weighted by Gasteiger charge is -2.31. The van der Waals surface area contributed by atoms with Gasteiger partial charge in [0.2, 0.25) is 0 Å². The number of aromatic nitrogens is 3. The summed E-state index contributed by atoms with van der Waals surface area (Å²) in [6.07, 6.45) is 0. The Balaban J connectivity index is 0.968. The van der Waals surface area contributed by atoms with Gasteiger partial charge in [-0.1, -0.05) is 140 Å². The largest absolute Gasteiger partial charge is 0.456 e. The normalized spacial score (nSPS) is 13.4. The van der Waals surface area contributed by atoms with E-state index < -0.39 is 5.41 Å². The Kier molecular flexibility index (Phi) is 6.88. The van der Waals surface area contributed by atoms with E-state index in [1.807, 2.05) is 59.1 Å². The fourth-order valence-corrected chi connectivity index (χ4v) is 13.4. The lowest BCUT2D eigenvalue weighted by molar-refractivity contribution is 0.669. The molecule has 0 amide bonds. The monoisotopic (exact) mass is 849 g/mol. The Hall–Kier alpha value is -7.77. The number of nitrogens with zero attached hydrogens (tertiary/aromatic N) is 3. The van der Waals surface area contributed by atoms with Crippen molar-refractivity contribution >= 4 is 85.0 Å². The molecular weight excluding hydrogens is 819 g/mol. The van der Waals surface area contributed by atoms with Crippen LogP contribution in [0.25, 0.3) is 119 Å². The molecular formula is C58H31N3OS2. The minimum atomic E-state index is -0.483. The third-order valence-corrected chi connectivity index (χ3v) is 16.0. The second-order valence-corrected chi connectivity index (χ2v) is 19.2. The maximum atomic E-state index is 6.31. The molecule has 0 atom stereocenters. The van der Waals surface area contributed by atoms with Gasteiger partial charge in [-0.05, 0) is 93.0 Å². The number of hydrogen-bond acceptors (Lipinski definition) is 6. The van der Waals surface area contributed by atoms with Crippen molar-refractivity contribution in [3.63, 3.8) is 0 Å². The van der Waals surface area contributed by atoms with Gasteiger partial charge in [0.05, 0.1) is 5.41 Å². The molecule has 4 nitrogen and oxygen atoms in total. The van der Waals surface area contributed by atoms with Crippen LogP contribution in [0.3, 0.4) is 0 Å². The third-order valence-electron chi connectivity index (χ3n) is 13.7. The highest BCUT2D eigenvalue weighted by Crippen LogP contribution is 2.65. The predicted molar refractivity (Wildman–Crippen MR) is 265 cm³/mol. The standard InChI is InChI=1S/C58H31N3OS2/c1-2-12-32(13-3-1)55-59-56(33-22-24-38-37-16-6-10-20-47(37)62-48(38)28-33)61-57(60-55)34-23-25-41-51(29-34)64-50-27-26-40-42-30-43-39-17-7-11-21-49(39)63-52(43)31-46(42)58(54(40)53(41)50)44-18-8-4-14-35(44)36-15-5-9-19-45(36)58/h1-31H. The molecule has 0 N–H and O–H groups in total. The molecule has 6 heteroatoms. The summed E-state index contributed by atoms with van der Waals surface area (Å²) in [6.45, 7) is 0. The Labute approximate surface area is 374 Å². The first-order chi connectivity index (χ1) is 31.7. The summed E-state index contributed by atoms with van der Waals surface area (Å²) in [5.41, 5.74) is 14.7. The summed E-state index contributed by atoms with van der Waals surface area (Å²) < 4.78 is 11.4. The smallest absolute Gasteiger partial charge is 0.164 e. The van der Waals surface area contributed by atoms with Gasteiger partial charge in [-0.3, -0.25) is 0 Å². The Morgan fingerprint density at radius 2 is 0.953 bits per heavy atom. The van der Waals surface area contributed by atoms with Gasteiger partial charge in [0, 0.05) is 67.8 Å². The first kappa shape index (κ1) is 34.8. The lowest BCUT2D eigenvalue weighted by atomic mass is 9.69. The van der Waals surface area contributed by atoms with Gasteiger partial charge in [-0.2, -0.15) is 0 Å². The summed E-state index contributed by atoms with van der Waals surface area (Å²) in [5, 5.41) is 7.38. The van der Waals surface area contributed by atoms with Crippen LogP contribution in [0.1, 0.15) is 22.3 Å². The molecule has 0 radical (unpaired) electrons. The van der Waals surface area contributed by atoms with E-state index >= 15 is 0 Å². The second-order valence-electron chi connectivity index (χ2n) is 17.0. The number of rotatable bonds is 3. The summed E-state index contributed by atoms with van der Waals surface area (Å²) in [4.78, 5) is 15.4. The van der Waals surface area contributed by atoms with Crippen molar-refractivity contribution in [2.45, 2.75) is 5.41 Å². The van der Waals surface area contributed by atoms with Gasteiger partial charge in [-0.15, -0.1) is 22.7 Å². The van der Waals surface area contributed by atoms with Crippen LogP contribution < -0.4 is 0 Å². The molecule has 0 saturated carbocycles. The van der Waals surface area contributed by atoms with Gasteiger partial charge < -0.3 is 4.42 Å². The quantitative estimate of drug-likeness (QED) is 0.178. The fourth-order valence-electron chi connectivity index (χ4n) is 11.1. The van der Waals surface area contributed by atoms with Crippen LogP contribution in [0.2, 0.25) is 0 Å². The third kappa shape index (κ3) is 4.58. The van der Waals surface area contributed by atoms with Crippen molar-refractivity contribution in [1.82, 2.24) is 15.0 Å². The van der Waals surface area contributed by atoms with E-state index in [0.29, 0.717) is 17.5 Å². The highest BCUT2D eigenvalue weighted by Gasteiger charge is 2.53. The molecule has 9 aromatic carbocycles. The molecule has 1 spiro atoms. The molecule has 64 heavy (non-hydrogen) atoms. The van der Waals surface area contributed by atoms with Crippen LogP contribution >= 0.6 is 22.7 Å². The number of para-hydroxylation sites is 1. The second kappa shape index (κ2) is 12.7. The molecule has 4 heterocycles. The Bertz CT molecular complexity index is 4110.